The number of methoxy groups -OCH3 is 1. The fraction of sp³-hybridized carbons (Fsp3) is 0.250. The van der Waals surface area contributed by atoms with Gasteiger partial charge in [-0.2, -0.15) is 0 Å². The first kappa shape index (κ1) is 15.0. The number of para-hydroxylation sites is 2. The average Bonchev–Trinajstić information content (AvgIpc) is 2.60. The lowest BCUT2D eigenvalue weighted by Gasteiger charge is -2.33. The summed E-state index contributed by atoms with van der Waals surface area (Å²) in [6.07, 6.45) is 2.07. The molecule has 0 bridgehead atoms. The first-order valence-electron chi connectivity index (χ1n) is 7.04. The van der Waals surface area contributed by atoms with Gasteiger partial charge in [0.15, 0.2) is 0 Å². The second-order valence-corrected chi connectivity index (χ2v) is 5.06. The van der Waals surface area contributed by atoms with Crippen LogP contribution in [0.1, 0.15) is 16.2 Å². The van der Waals surface area contributed by atoms with Crippen molar-refractivity contribution in [3.05, 3.63) is 48.0 Å². The molecule has 118 valence electrons. The minimum Gasteiger partial charge on any atom is -0.475 e. The number of amides is 1. The maximum Gasteiger partial charge on any atom is 0.348 e. The highest BCUT2D eigenvalue weighted by molar-refractivity contribution is 6.06. The Kier molecular flexibility index (Phi) is 3.92. The molecule has 1 amide bonds. The quantitative estimate of drug-likeness (QED) is 0.779. The van der Waals surface area contributed by atoms with Gasteiger partial charge in [0.2, 0.25) is 6.10 Å². The van der Waals surface area contributed by atoms with Gasteiger partial charge in [0, 0.05) is 6.20 Å². The van der Waals surface area contributed by atoms with Crippen molar-refractivity contribution in [2.24, 2.45) is 0 Å². The highest BCUT2D eigenvalue weighted by Gasteiger charge is 2.35. The fourth-order valence-electron chi connectivity index (χ4n) is 2.32. The van der Waals surface area contributed by atoms with Crippen LogP contribution in [0.2, 0.25) is 0 Å². The van der Waals surface area contributed by atoms with E-state index in [1.165, 1.54) is 24.4 Å². The van der Waals surface area contributed by atoms with E-state index >= 15 is 0 Å². The predicted molar refractivity (Wildman–Crippen MR) is 81.3 cm³/mol. The molecule has 0 saturated heterocycles. The van der Waals surface area contributed by atoms with E-state index in [0.717, 1.165) is 5.69 Å². The lowest BCUT2D eigenvalue weighted by atomic mass is 10.1. The molecule has 1 aliphatic rings. The van der Waals surface area contributed by atoms with Crippen LogP contribution >= 0.6 is 0 Å². The Morgan fingerprint density at radius 3 is 2.74 bits per heavy atom. The number of hydrogen-bond acceptors (Lipinski definition) is 6. The third-order valence-corrected chi connectivity index (χ3v) is 3.48. The van der Waals surface area contributed by atoms with Crippen molar-refractivity contribution in [2.75, 3.05) is 18.6 Å². The second kappa shape index (κ2) is 6.04. The Labute approximate surface area is 132 Å². The molecule has 2 aromatic rings. The summed E-state index contributed by atoms with van der Waals surface area (Å²) in [7, 11) is 1.28. The maximum atomic E-state index is 12.7. The minimum absolute atomic E-state index is 0.0536. The van der Waals surface area contributed by atoms with E-state index in [1.807, 2.05) is 0 Å². The zero-order valence-corrected chi connectivity index (χ0v) is 12.7. The highest BCUT2D eigenvalue weighted by Crippen LogP contribution is 2.34. The molecule has 0 fully saturated rings. The normalized spacial score (nSPS) is 16.3. The smallest absolute Gasteiger partial charge is 0.348 e. The fourth-order valence-corrected chi connectivity index (χ4v) is 2.32. The zero-order valence-electron chi connectivity index (χ0n) is 12.7. The molecule has 3 rings (SSSR count). The molecule has 0 spiro atoms. The molecule has 7 heteroatoms. The Balaban J connectivity index is 1.97. The number of rotatable bonds is 2. The molecule has 7 nitrogen and oxygen atoms in total. The van der Waals surface area contributed by atoms with Crippen LogP contribution in [0, 0.1) is 6.92 Å². The number of hydrogen-bond donors (Lipinski definition) is 0. The largest absolute Gasteiger partial charge is 0.475 e. The maximum absolute atomic E-state index is 12.7. The molecule has 0 radical (unpaired) electrons. The van der Waals surface area contributed by atoms with Gasteiger partial charge in [-0.15, -0.1) is 0 Å². The van der Waals surface area contributed by atoms with Crippen molar-refractivity contribution in [3.63, 3.8) is 0 Å². The third-order valence-electron chi connectivity index (χ3n) is 3.48. The summed E-state index contributed by atoms with van der Waals surface area (Å²) in [5.74, 6) is -0.433. The molecule has 23 heavy (non-hydrogen) atoms. The van der Waals surface area contributed by atoms with Crippen LogP contribution in [0.3, 0.4) is 0 Å². The van der Waals surface area contributed by atoms with E-state index in [-0.39, 0.29) is 18.1 Å². The van der Waals surface area contributed by atoms with E-state index < -0.39 is 12.1 Å². The molecular weight excluding hydrogens is 298 g/mol. The van der Waals surface area contributed by atoms with Crippen molar-refractivity contribution >= 4 is 17.6 Å². The van der Waals surface area contributed by atoms with E-state index in [4.69, 9.17) is 9.47 Å². The lowest BCUT2D eigenvalue weighted by Crippen LogP contribution is -2.47. The van der Waals surface area contributed by atoms with Crippen LogP contribution in [0.25, 0.3) is 0 Å². The monoisotopic (exact) mass is 313 g/mol. The summed E-state index contributed by atoms with van der Waals surface area (Å²) in [6.45, 7) is 1.84. The molecule has 1 aromatic carbocycles. The molecule has 0 aliphatic carbocycles. The Morgan fingerprint density at radius 2 is 2.04 bits per heavy atom. The van der Waals surface area contributed by atoms with Crippen molar-refractivity contribution in [1.82, 2.24) is 9.97 Å². The van der Waals surface area contributed by atoms with Crippen LogP contribution in [0.15, 0.2) is 36.7 Å². The van der Waals surface area contributed by atoms with E-state index in [1.54, 1.807) is 31.2 Å². The van der Waals surface area contributed by atoms with Crippen LogP contribution in [-0.4, -0.2) is 41.6 Å². The number of aromatic nitrogens is 2. The topological polar surface area (TPSA) is 81.6 Å². The Bertz CT molecular complexity index is 745. The van der Waals surface area contributed by atoms with Gasteiger partial charge in [-0.3, -0.25) is 14.7 Å². The highest BCUT2D eigenvalue weighted by atomic mass is 16.6. The summed E-state index contributed by atoms with van der Waals surface area (Å²) in [5, 5.41) is 0. The van der Waals surface area contributed by atoms with Crippen LogP contribution in [-0.2, 0) is 9.53 Å². The van der Waals surface area contributed by atoms with Gasteiger partial charge in [0.1, 0.15) is 11.4 Å². The van der Waals surface area contributed by atoms with Crippen molar-refractivity contribution in [2.45, 2.75) is 13.0 Å². The summed E-state index contributed by atoms with van der Waals surface area (Å²) < 4.78 is 10.3. The van der Waals surface area contributed by atoms with Gasteiger partial charge in [0.05, 0.1) is 31.2 Å². The number of carbonyl (C=O) groups excluding carboxylic acids is 2. The SMILES string of the molecule is COC(=O)C1CN(C(=O)c2cnc(C)cn2)c2ccccc2O1. The summed E-state index contributed by atoms with van der Waals surface area (Å²) in [6, 6.07) is 7.02. The van der Waals surface area contributed by atoms with Crippen LogP contribution in [0.5, 0.6) is 5.75 Å². The van der Waals surface area contributed by atoms with Crippen molar-refractivity contribution < 1.29 is 19.1 Å². The van der Waals surface area contributed by atoms with E-state index in [0.29, 0.717) is 11.4 Å². The summed E-state index contributed by atoms with van der Waals surface area (Å²) in [4.78, 5) is 34.2. The number of fused-ring (bicyclic) bond motifs is 1. The molecule has 1 unspecified atom stereocenters. The number of anilines is 1. The first-order chi connectivity index (χ1) is 11.1. The van der Waals surface area contributed by atoms with Gasteiger partial charge in [-0.1, -0.05) is 12.1 Å². The van der Waals surface area contributed by atoms with E-state index in [9.17, 15) is 9.59 Å². The Morgan fingerprint density at radius 1 is 1.26 bits per heavy atom. The second-order valence-electron chi connectivity index (χ2n) is 5.06. The molecular formula is C16H15N3O4. The number of benzene rings is 1. The van der Waals surface area contributed by atoms with Crippen molar-refractivity contribution in [3.8, 4) is 5.75 Å². The zero-order chi connectivity index (χ0) is 16.4. The number of nitrogens with zero attached hydrogens (tertiary/aromatic N) is 3. The van der Waals surface area contributed by atoms with Crippen molar-refractivity contribution in [1.29, 1.82) is 0 Å². The number of ether oxygens (including phenoxy) is 2. The third kappa shape index (κ3) is 2.85. The molecule has 1 atom stereocenters. The summed E-state index contributed by atoms with van der Waals surface area (Å²) >= 11 is 0. The standard InChI is InChI=1S/C16H15N3O4/c1-10-7-18-11(8-17-10)15(20)19-9-14(16(21)22-2)23-13-6-4-3-5-12(13)19/h3-8,14H,9H2,1-2H3. The minimum atomic E-state index is -0.878. The van der Waals surface area contributed by atoms with Gasteiger partial charge in [0.25, 0.3) is 5.91 Å². The van der Waals surface area contributed by atoms with Crippen LogP contribution in [0.4, 0.5) is 5.69 Å². The lowest BCUT2D eigenvalue weighted by molar-refractivity contribution is -0.148. The first-order valence-corrected chi connectivity index (χ1v) is 7.04. The summed E-state index contributed by atoms with van der Waals surface area (Å²) in [5.41, 5.74) is 1.51. The van der Waals surface area contributed by atoms with Gasteiger partial charge < -0.3 is 9.47 Å². The number of esters is 1. The number of carbonyl (C=O) groups is 2. The molecule has 0 saturated carbocycles. The molecule has 1 aromatic heterocycles. The molecule has 2 heterocycles. The predicted octanol–water partition coefficient (Wildman–Crippen LogP) is 1.37. The van der Waals surface area contributed by atoms with Crippen LogP contribution < -0.4 is 9.64 Å². The average molecular weight is 313 g/mol. The molecule has 0 N–H and O–H groups in total. The molecule has 1 aliphatic heterocycles. The Hall–Kier alpha value is -2.96. The van der Waals surface area contributed by atoms with Gasteiger partial charge in [-0.25, -0.2) is 9.78 Å². The van der Waals surface area contributed by atoms with Gasteiger partial charge >= 0.3 is 5.97 Å². The van der Waals surface area contributed by atoms with Gasteiger partial charge in [-0.05, 0) is 19.1 Å². The number of aryl methyl sites for hydroxylation is 1. The van der Waals surface area contributed by atoms with E-state index in [2.05, 4.69) is 9.97 Å².